The molecular formula is C18H23N5O2. The molecule has 0 saturated heterocycles. The molecule has 1 aromatic carbocycles. The van der Waals surface area contributed by atoms with Crippen LogP contribution in [-0.2, 0) is 4.79 Å². The van der Waals surface area contributed by atoms with Crippen LogP contribution in [0.5, 0.6) is 0 Å². The molecule has 0 aliphatic heterocycles. The van der Waals surface area contributed by atoms with Crippen LogP contribution < -0.4 is 16.4 Å². The Kier molecular flexibility index (Phi) is 5.36. The molecule has 132 valence electrons. The van der Waals surface area contributed by atoms with E-state index in [1.807, 2.05) is 32.9 Å². The highest BCUT2D eigenvalue weighted by Gasteiger charge is 2.16. The molecule has 25 heavy (non-hydrogen) atoms. The molecule has 0 fully saturated rings. The highest BCUT2D eigenvalue weighted by atomic mass is 16.2. The van der Waals surface area contributed by atoms with Crippen LogP contribution >= 0.6 is 0 Å². The quantitative estimate of drug-likeness (QED) is 0.787. The summed E-state index contributed by atoms with van der Waals surface area (Å²) in [5.41, 5.74) is 10.7. The average Bonchev–Trinajstić information content (AvgIpc) is 2.47. The molecule has 0 bridgehead atoms. The zero-order valence-electron chi connectivity index (χ0n) is 15.2. The van der Waals surface area contributed by atoms with E-state index in [1.165, 1.54) is 0 Å². The van der Waals surface area contributed by atoms with Gasteiger partial charge in [0.25, 0.3) is 5.91 Å². The third-order valence-corrected chi connectivity index (χ3v) is 3.87. The number of benzene rings is 1. The molecule has 0 saturated carbocycles. The molecule has 0 aliphatic carbocycles. The van der Waals surface area contributed by atoms with Gasteiger partial charge in [-0.3, -0.25) is 9.59 Å². The van der Waals surface area contributed by atoms with Crippen molar-refractivity contribution in [2.24, 2.45) is 0 Å². The van der Waals surface area contributed by atoms with Crippen LogP contribution in [0.25, 0.3) is 0 Å². The first-order valence-corrected chi connectivity index (χ1v) is 7.95. The number of nitrogens with two attached hydrogens (primary N) is 1. The van der Waals surface area contributed by atoms with E-state index >= 15 is 0 Å². The first kappa shape index (κ1) is 18.4. The molecule has 7 heteroatoms. The number of aromatic nitrogens is 2. The molecule has 2 rings (SSSR count). The zero-order chi connectivity index (χ0) is 18.7. The largest absolute Gasteiger partial charge is 0.368 e. The molecule has 0 unspecified atom stereocenters. The number of aryl methyl sites for hydroxylation is 5. The maximum atomic E-state index is 12.3. The summed E-state index contributed by atoms with van der Waals surface area (Å²) in [6.45, 7) is 9.09. The van der Waals surface area contributed by atoms with E-state index in [4.69, 9.17) is 5.73 Å². The van der Waals surface area contributed by atoms with Gasteiger partial charge in [-0.15, -0.1) is 0 Å². The lowest BCUT2D eigenvalue weighted by Gasteiger charge is -2.14. The summed E-state index contributed by atoms with van der Waals surface area (Å²) in [6.07, 6.45) is 0. The van der Waals surface area contributed by atoms with Crippen molar-refractivity contribution < 1.29 is 9.59 Å². The van der Waals surface area contributed by atoms with Gasteiger partial charge in [-0.2, -0.15) is 0 Å². The Morgan fingerprint density at radius 1 is 1.00 bits per heavy atom. The van der Waals surface area contributed by atoms with Gasteiger partial charge in [0.2, 0.25) is 11.9 Å². The molecule has 0 aliphatic rings. The Balaban J connectivity index is 2.05. The van der Waals surface area contributed by atoms with E-state index in [-0.39, 0.29) is 18.4 Å². The number of nitrogen functional groups attached to an aromatic ring is 1. The van der Waals surface area contributed by atoms with Crippen molar-refractivity contribution in [1.82, 2.24) is 15.3 Å². The molecule has 7 nitrogen and oxygen atoms in total. The Morgan fingerprint density at radius 3 is 2.04 bits per heavy atom. The van der Waals surface area contributed by atoms with E-state index in [0.717, 1.165) is 22.4 Å². The predicted molar refractivity (Wildman–Crippen MR) is 97.5 cm³/mol. The second-order valence-corrected chi connectivity index (χ2v) is 6.13. The lowest BCUT2D eigenvalue weighted by atomic mass is 10.1. The zero-order valence-corrected chi connectivity index (χ0v) is 15.2. The Hall–Kier alpha value is -2.96. The molecular weight excluding hydrogens is 318 g/mol. The smallest absolute Gasteiger partial charge is 0.255 e. The number of carbonyl (C=O) groups excluding carboxylic acids is 2. The summed E-state index contributed by atoms with van der Waals surface area (Å²) >= 11 is 0. The molecule has 0 atom stereocenters. The minimum Gasteiger partial charge on any atom is -0.368 e. The van der Waals surface area contributed by atoms with Crippen molar-refractivity contribution in [2.45, 2.75) is 34.6 Å². The highest BCUT2D eigenvalue weighted by Crippen LogP contribution is 2.21. The number of hydrogen-bond donors (Lipinski definition) is 3. The van der Waals surface area contributed by atoms with E-state index in [0.29, 0.717) is 17.0 Å². The van der Waals surface area contributed by atoms with Gasteiger partial charge < -0.3 is 16.4 Å². The molecule has 4 N–H and O–H groups in total. The molecule has 0 spiro atoms. The van der Waals surface area contributed by atoms with Gasteiger partial charge in [0.1, 0.15) is 0 Å². The van der Waals surface area contributed by atoms with Crippen LogP contribution in [0.2, 0.25) is 0 Å². The number of carbonyl (C=O) groups is 2. The third kappa shape index (κ3) is 4.32. The van der Waals surface area contributed by atoms with E-state index in [1.54, 1.807) is 13.8 Å². The SMILES string of the molecule is Cc1cc(C)c(NC(=O)CNC(=O)c2c(C)nc(N)nc2C)c(C)c1. The van der Waals surface area contributed by atoms with Crippen molar-refractivity contribution in [1.29, 1.82) is 0 Å². The predicted octanol–water partition coefficient (Wildman–Crippen LogP) is 1.97. The van der Waals surface area contributed by atoms with E-state index < -0.39 is 5.91 Å². The number of hydrogen-bond acceptors (Lipinski definition) is 5. The van der Waals surface area contributed by atoms with Crippen molar-refractivity contribution in [3.8, 4) is 0 Å². The van der Waals surface area contributed by atoms with Crippen molar-refractivity contribution >= 4 is 23.5 Å². The van der Waals surface area contributed by atoms with Crippen LogP contribution in [0.4, 0.5) is 11.6 Å². The van der Waals surface area contributed by atoms with Crippen LogP contribution in [0.3, 0.4) is 0 Å². The maximum Gasteiger partial charge on any atom is 0.255 e. The minimum absolute atomic E-state index is 0.120. The number of amides is 2. The van der Waals surface area contributed by atoms with Gasteiger partial charge >= 0.3 is 0 Å². The van der Waals surface area contributed by atoms with Gasteiger partial charge in [-0.25, -0.2) is 9.97 Å². The molecule has 0 radical (unpaired) electrons. The van der Waals surface area contributed by atoms with Gasteiger partial charge in [-0.1, -0.05) is 17.7 Å². The number of nitrogens with one attached hydrogen (secondary N) is 2. The van der Waals surface area contributed by atoms with Crippen LogP contribution in [0.15, 0.2) is 12.1 Å². The molecule has 1 heterocycles. The Labute approximate surface area is 147 Å². The lowest BCUT2D eigenvalue weighted by molar-refractivity contribution is -0.115. The second-order valence-electron chi connectivity index (χ2n) is 6.13. The highest BCUT2D eigenvalue weighted by molar-refractivity contribution is 6.01. The van der Waals surface area contributed by atoms with Gasteiger partial charge in [0.15, 0.2) is 0 Å². The minimum atomic E-state index is -0.400. The fourth-order valence-electron chi connectivity index (χ4n) is 2.88. The lowest BCUT2D eigenvalue weighted by Crippen LogP contribution is -2.34. The van der Waals surface area contributed by atoms with Crippen molar-refractivity contribution in [2.75, 3.05) is 17.6 Å². The maximum absolute atomic E-state index is 12.3. The van der Waals surface area contributed by atoms with Crippen LogP contribution in [0, 0.1) is 34.6 Å². The Morgan fingerprint density at radius 2 is 1.52 bits per heavy atom. The van der Waals surface area contributed by atoms with E-state index in [2.05, 4.69) is 20.6 Å². The summed E-state index contributed by atoms with van der Waals surface area (Å²) in [4.78, 5) is 32.5. The summed E-state index contributed by atoms with van der Waals surface area (Å²) in [5.74, 6) is -0.577. The fourth-order valence-corrected chi connectivity index (χ4v) is 2.88. The Bertz CT molecular complexity index is 799. The second kappa shape index (κ2) is 7.29. The fraction of sp³-hybridized carbons (Fsp3) is 0.333. The van der Waals surface area contributed by atoms with Crippen LogP contribution in [0.1, 0.15) is 38.4 Å². The van der Waals surface area contributed by atoms with Gasteiger partial charge in [-0.05, 0) is 45.7 Å². The topological polar surface area (TPSA) is 110 Å². The molecule has 1 aromatic heterocycles. The summed E-state index contributed by atoms with van der Waals surface area (Å²) in [7, 11) is 0. The average molecular weight is 341 g/mol. The first-order chi connectivity index (χ1) is 11.7. The van der Waals surface area contributed by atoms with Gasteiger partial charge in [0.05, 0.1) is 23.5 Å². The molecule has 2 aromatic rings. The standard InChI is InChI=1S/C18H23N5O2/c1-9-6-10(2)16(11(3)7-9)23-14(24)8-20-17(25)15-12(4)21-18(19)22-13(15)5/h6-7H,8H2,1-5H3,(H,20,25)(H,23,24)(H2,19,21,22). The van der Waals surface area contributed by atoms with Gasteiger partial charge in [0, 0.05) is 5.69 Å². The van der Waals surface area contributed by atoms with Crippen molar-refractivity contribution in [3.05, 3.63) is 45.8 Å². The summed E-state index contributed by atoms with van der Waals surface area (Å²) in [5, 5.41) is 5.44. The molecule has 2 amide bonds. The summed E-state index contributed by atoms with van der Waals surface area (Å²) < 4.78 is 0. The monoisotopic (exact) mass is 341 g/mol. The summed E-state index contributed by atoms with van der Waals surface area (Å²) in [6, 6.07) is 4.00. The van der Waals surface area contributed by atoms with Crippen molar-refractivity contribution in [3.63, 3.8) is 0 Å². The number of nitrogens with zero attached hydrogens (tertiary/aromatic N) is 2. The number of anilines is 2. The number of rotatable bonds is 4. The third-order valence-electron chi connectivity index (χ3n) is 3.87. The normalized spacial score (nSPS) is 10.4. The van der Waals surface area contributed by atoms with Crippen LogP contribution in [-0.4, -0.2) is 28.3 Å². The first-order valence-electron chi connectivity index (χ1n) is 7.95. The van der Waals surface area contributed by atoms with E-state index in [9.17, 15) is 9.59 Å².